The molecule has 0 spiro atoms. The second kappa shape index (κ2) is 19.6. The number of rotatable bonds is 10. The highest BCUT2D eigenvalue weighted by Gasteiger charge is 2.60. The van der Waals surface area contributed by atoms with Gasteiger partial charge in [0, 0.05) is 58.4 Å². The van der Waals surface area contributed by atoms with E-state index in [1.165, 1.54) is 123 Å². The third-order valence-corrected chi connectivity index (χ3v) is 30.9. The molecule has 0 atom stereocenters. The Labute approximate surface area is 507 Å². The minimum atomic E-state index is -2.14. The molecule has 1 aliphatic rings. The van der Waals surface area contributed by atoms with E-state index >= 15 is 0 Å². The first kappa shape index (κ1) is 51.7. The molecule has 0 unspecified atom stereocenters. The summed E-state index contributed by atoms with van der Waals surface area (Å²) in [6, 6.07) is 101. The minimum absolute atomic E-state index is 0.105. The molecule has 0 bridgehead atoms. The fourth-order valence-corrected chi connectivity index (χ4v) is 30.8. The third kappa shape index (κ3) is 7.99. The lowest BCUT2D eigenvalue weighted by Gasteiger charge is -2.51. The zero-order valence-corrected chi connectivity index (χ0v) is 52.2. The van der Waals surface area contributed by atoms with E-state index in [1.807, 2.05) is 22.7 Å². The van der Waals surface area contributed by atoms with E-state index in [4.69, 9.17) is 0 Å². The van der Waals surface area contributed by atoms with Crippen molar-refractivity contribution < 1.29 is 0 Å². The SMILES string of the molecule is C[Si](C)(C)C1([Si](C)(C)C)c2cc3cc(-c4cccc(N(c5ccccc5)c5cccc6c5sc5ccccc56)c4)ccc3cc2-c2c1c1ccc(-c3cccc(N(c4ccccc4)c4cccc5c4sc4ccccc45)c3)cc1c1ccccc21. The Morgan fingerprint density at radius 3 is 1.31 bits per heavy atom. The maximum absolute atomic E-state index is 2.66. The van der Waals surface area contributed by atoms with Crippen molar-refractivity contribution in [3.63, 3.8) is 0 Å². The summed E-state index contributed by atoms with van der Waals surface area (Å²) < 4.78 is 5.09. The second-order valence-electron chi connectivity index (χ2n) is 25.2. The van der Waals surface area contributed by atoms with E-state index in [2.05, 4.69) is 316 Å². The van der Waals surface area contributed by atoms with Crippen molar-refractivity contribution in [2.75, 3.05) is 9.80 Å². The molecule has 16 rings (SSSR count). The summed E-state index contributed by atoms with van der Waals surface area (Å²) >= 11 is 3.76. The van der Waals surface area contributed by atoms with Gasteiger partial charge in [-0.05, 0) is 168 Å². The largest absolute Gasteiger partial charge is 0.309 e. The van der Waals surface area contributed by atoms with E-state index in [1.54, 1.807) is 5.56 Å². The van der Waals surface area contributed by atoms with Gasteiger partial charge in [0.25, 0.3) is 0 Å². The van der Waals surface area contributed by atoms with Crippen LogP contribution >= 0.6 is 22.7 Å². The Hall–Kier alpha value is -8.89. The predicted molar refractivity (Wildman–Crippen MR) is 378 cm³/mol. The summed E-state index contributed by atoms with van der Waals surface area (Å²) in [6.07, 6.45) is 0. The number of benzene rings is 13. The molecule has 0 fully saturated rings. The molecule has 408 valence electrons. The van der Waals surface area contributed by atoms with Crippen LogP contribution < -0.4 is 9.80 Å². The maximum Gasteiger partial charge on any atom is 0.0640 e. The summed E-state index contributed by atoms with van der Waals surface area (Å²) in [5.41, 5.74) is 17.8. The first-order valence-electron chi connectivity index (χ1n) is 29.7. The molecule has 2 aromatic heterocycles. The van der Waals surface area contributed by atoms with Crippen LogP contribution in [0.15, 0.2) is 267 Å². The van der Waals surface area contributed by atoms with Crippen molar-refractivity contribution in [2.45, 2.75) is 43.9 Å². The third-order valence-electron chi connectivity index (χ3n) is 18.5. The average Bonchev–Trinajstić information content (AvgIpc) is 1.67. The normalized spacial score (nSPS) is 13.2. The van der Waals surface area contributed by atoms with E-state index in [9.17, 15) is 0 Å². The number of hydrogen-bond donors (Lipinski definition) is 0. The zero-order chi connectivity index (χ0) is 57.3. The van der Waals surface area contributed by atoms with Crippen LogP contribution in [0.3, 0.4) is 0 Å². The van der Waals surface area contributed by atoms with Crippen LogP contribution in [0.4, 0.5) is 34.1 Å². The van der Waals surface area contributed by atoms with Gasteiger partial charge in [0.05, 0.1) is 36.9 Å². The fraction of sp³-hybridized carbons (Fsp3) is 0.0886. The Morgan fingerprint density at radius 1 is 0.306 bits per heavy atom. The van der Waals surface area contributed by atoms with Crippen molar-refractivity contribution in [3.8, 4) is 33.4 Å². The second-order valence-corrected chi connectivity index (χ2v) is 38.3. The predicted octanol–water partition coefficient (Wildman–Crippen LogP) is 24.2. The van der Waals surface area contributed by atoms with Gasteiger partial charge in [-0.15, -0.1) is 22.7 Å². The zero-order valence-electron chi connectivity index (χ0n) is 48.6. The van der Waals surface area contributed by atoms with Gasteiger partial charge in [-0.25, -0.2) is 0 Å². The Kier molecular flexibility index (Phi) is 11.9. The van der Waals surface area contributed by atoms with Crippen LogP contribution in [0.1, 0.15) is 11.1 Å². The van der Waals surface area contributed by atoms with Gasteiger partial charge >= 0.3 is 0 Å². The van der Waals surface area contributed by atoms with Gasteiger partial charge in [-0.3, -0.25) is 0 Å². The number of thiophene rings is 2. The van der Waals surface area contributed by atoms with Gasteiger partial charge in [0.1, 0.15) is 0 Å². The van der Waals surface area contributed by atoms with Crippen LogP contribution in [0.5, 0.6) is 0 Å². The van der Waals surface area contributed by atoms with Crippen molar-refractivity contribution in [3.05, 3.63) is 278 Å². The molecule has 0 aliphatic heterocycles. The summed E-state index contributed by atoms with van der Waals surface area (Å²) in [7, 11) is -4.28. The first-order valence-corrected chi connectivity index (χ1v) is 38.4. The van der Waals surface area contributed by atoms with Crippen molar-refractivity contribution in [1.29, 1.82) is 0 Å². The Balaban J connectivity index is 0.843. The van der Waals surface area contributed by atoms with Crippen molar-refractivity contribution in [2.24, 2.45) is 0 Å². The van der Waals surface area contributed by atoms with Crippen molar-refractivity contribution >= 4 is 146 Å². The van der Waals surface area contributed by atoms with E-state index in [-0.39, 0.29) is 4.66 Å². The fourth-order valence-electron chi connectivity index (χ4n) is 15.3. The van der Waals surface area contributed by atoms with E-state index in [0.29, 0.717) is 0 Å². The number of fused-ring (bicyclic) bond motifs is 15. The summed E-state index contributed by atoms with van der Waals surface area (Å²) in [5, 5.41) is 13.2. The molecule has 13 aromatic carbocycles. The topological polar surface area (TPSA) is 6.48 Å². The lowest BCUT2D eigenvalue weighted by molar-refractivity contribution is 0.965. The van der Waals surface area contributed by atoms with Gasteiger partial charge < -0.3 is 9.80 Å². The monoisotopic (exact) mass is 1160 g/mol. The molecule has 0 amide bonds. The number of para-hydroxylation sites is 2. The summed E-state index contributed by atoms with van der Waals surface area (Å²) in [5.74, 6) is 0. The summed E-state index contributed by atoms with van der Waals surface area (Å²) in [4.78, 5) is 4.91. The highest BCUT2D eigenvalue weighted by Crippen LogP contribution is 2.62. The van der Waals surface area contributed by atoms with Gasteiger partial charge in [-0.1, -0.05) is 215 Å². The standard InChI is InChI=1S/C79H62N2S2Si2/c1-84(2,3)79(85(4,5)6)70-50-56-45-53(51-23-19-29-59(46-51)80(57-25-9-7-10-26-57)71-37-21-35-66-62-32-15-17-39-73(62)82-77(66)71)41-42-55(56)49-69(70)75-64-34-14-13-31-61(64)68-48-54(43-44-65(68)76(75)79)52-24-20-30-60(47-52)81(58-27-11-8-12-28-58)72-38-22-36-67-63-33-16-18-40-74(63)83-78(67)72/h7-50H,1-6H3. The number of anilines is 6. The maximum atomic E-state index is 2.66. The molecule has 1 aliphatic carbocycles. The Bertz CT molecular complexity index is 5170. The van der Waals surface area contributed by atoms with Crippen LogP contribution in [-0.4, -0.2) is 16.1 Å². The molecule has 2 heterocycles. The molecule has 0 radical (unpaired) electrons. The van der Waals surface area contributed by atoms with E-state index < -0.39 is 16.1 Å². The molecule has 0 N–H and O–H groups in total. The van der Waals surface area contributed by atoms with E-state index in [0.717, 1.165) is 22.7 Å². The van der Waals surface area contributed by atoms with Crippen LogP contribution in [0.25, 0.3) is 106 Å². The molecule has 85 heavy (non-hydrogen) atoms. The molecule has 15 aromatic rings. The molecular weight excluding hydrogens is 1100 g/mol. The quantitative estimate of drug-likeness (QED) is 0.0995. The Morgan fingerprint density at radius 2 is 0.753 bits per heavy atom. The first-order chi connectivity index (χ1) is 41.4. The molecule has 6 heteroatoms. The smallest absolute Gasteiger partial charge is 0.0640 e. The molecule has 0 saturated heterocycles. The highest BCUT2D eigenvalue weighted by atomic mass is 32.1. The average molecular weight is 1160 g/mol. The van der Waals surface area contributed by atoms with Crippen LogP contribution in [-0.2, 0) is 4.66 Å². The van der Waals surface area contributed by atoms with Crippen LogP contribution in [0, 0.1) is 0 Å². The number of hydrogen-bond acceptors (Lipinski definition) is 4. The lowest BCUT2D eigenvalue weighted by Crippen LogP contribution is -2.63. The minimum Gasteiger partial charge on any atom is -0.309 e. The van der Waals surface area contributed by atoms with Crippen LogP contribution in [0.2, 0.25) is 39.3 Å². The van der Waals surface area contributed by atoms with Gasteiger partial charge in [-0.2, -0.15) is 0 Å². The lowest BCUT2D eigenvalue weighted by atomic mass is 9.89. The molecule has 2 nitrogen and oxygen atoms in total. The summed E-state index contributed by atoms with van der Waals surface area (Å²) in [6.45, 7) is 16.0. The highest BCUT2D eigenvalue weighted by molar-refractivity contribution is 7.26. The van der Waals surface area contributed by atoms with Gasteiger partial charge in [0.15, 0.2) is 0 Å². The molecule has 0 saturated carbocycles. The van der Waals surface area contributed by atoms with Crippen molar-refractivity contribution in [1.82, 2.24) is 0 Å². The molecular formula is C79H62N2S2Si2. The number of nitrogens with zero attached hydrogens (tertiary/aromatic N) is 2. The van der Waals surface area contributed by atoms with Gasteiger partial charge in [0.2, 0.25) is 0 Å².